The third kappa shape index (κ3) is 3.24. The zero-order valence-electron chi connectivity index (χ0n) is 17.0. The fourth-order valence-corrected chi connectivity index (χ4v) is 4.45. The Kier molecular flexibility index (Phi) is 4.73. The van der Waals surface area contributed by atoms with Gasteiger partial charge >= 0.3 is 0 Å². The van der Waals surface area contributed by atoms with Crippen molar-refractivity contribution >= 4 is 5.91 Å². The highest BCUT2D eigenvalue weighted by molar-refractivity contribution is 5.91. The highest BCUT2D eigenvalue weighted by Crippen LogP contribution is 2.51. The first-order valence-electron chi connectivity index (χ1n) is 10.5. The van der Waals surface area contributed by atoms with E-state index in [4.69, 9.17) is 9.72 Å². The van der Waals surface area contributed by atoms with E-state index in [2.05, 4.69) is 15.2 Å². The van der Waals surface area contributed by atoms with Crippen LogP contribution in [-0.4, -0.2) is 44.6 Å². The second kappa shape index (κ2) is 7.55. The van der Waals surface area contributed by atoms with Crippen LogP contribution in [0, 0.1) is 0 Å². The number of ether oxygens (including phenoxy) is 1. The topological polar surface area (TPSA) is 84.0 Å². The van der Waals surface area contributed by atoms with Crippen LogP contribution in [0.25, 0.3) is 11.4 Å². The number of aromatic nitrogens is 4. The van der Waals surface area contributed by atoms with Crippen molar-refractivity contribution in [2.24, 2.45) is 0 Å². The van der Waals surface area contributed by atoms with Crippen molar-refractivity contribution in [3.63, 3.8) is 0 Å². The number of methoxy groups -OCH3 is 1. The molecule has 2 aromatic heterocycles. The Balaban J connectivity index is 1.41. The lowest BCUT2D eigenvalue weighted by molar-refractivity contribution is -0.138. The smallest absolute Gasteiger partial charge is 0.233 e. The molecule has 7 nitrogen and oxygen atoms in total. The van der Waals surface area contributed by atoms with E-state index in [1.165, 1.54) is 0 Å². The van der Waals surface area contributed by atoms with Crippen molar-refractivity contribution in [1.82, 2.24) is 25.1 Å². The quantitative estimate of drug-likeness (QED) is 0.703. The molecule has 7 heteroatoms. The average Bonchev–Trinajstić information content (AvgIpc) is 3.48. The van der Waals surface area contributed by atoms with Crippen LogP contribution in [0.2, 0.25) is 0 Å². The van der Waals surface area contributed by atoms with Crippen molar-refractivity contribution in [3.05, 3.63) is 60.2 Å². The number of likely N-dealkylation sites (tertiary alicyclic amines) is 1. The second-order valence-corrected chi connectivity index (χ2v) is 8.10. The Labute approximate surface area is 175 Å². The third-order valence-corrected chi connectivity index (χ3v) is 6.32. The molecule has 1 saturated heterocycles. The number of hydrogen-bond acceptors (Lipinski definition) is 5. The minimum atomic E-state index is -0.407. The summed E-state index contributed by atoms with van der Waals surface area (Å²) in [6.07, 6.45) is 8.23. The first kappa shape index (κ1) is 18.8. The number of carbonyl (C=O) groups excluding carboxylic acids is 1. The van der Waals surface area contributed by atoms with E-state index < -0.39 is 5.41 Å². The van der Waals surface area contributed by atoms with Gasteiger partial charge in [-0.15, -0.1) is 0 Å². The summed E-state index contributed by atoms with van der Waals surface area (Å²) in [5.74, 6) is 2.42. The molecule has 1 atom stereocenters. The molecule has 1 unspecified atom stereocenters. The molecule has 0 radical (unpaired) electrons. The SMILES string of the molecule is COc1ccc(C2(C(=O)N3CCCCC3c3nc(-c4ccncc4)n[nH]3)CC2)cc1. The van der Waals surface area contributed by atoms with Crippen molar-refractivity contribution < 1.29 is 9.53 Å². The van der Waals surface area contributed by atoms with Crippen molar-refractivity contribution in [2.75, 3.05) is 13.7 Å². The average molecular weight is 403 g/mol. The number of benzene rings is 1. The first-order chi connectivity index (χ1) is 14.7. The molecule has 0 spiro atoms. The van der Waals surface area contributed by atoms with E-state index in [0.29, 0.717) is 5.82 Å². The zero-order chi connectivity index (χ0) is 20.6. The predicted molar refractivity (Wildman–Crippen MR) is 112 cm³/mol. The fourth-order valence-electron chi connectivity index (χ4n) is 4.45. The van der Waals surface area contributed by atoms with Crippen LogP contribution in [0.5, 0.6) is 5.75 Å². The Bertz CT molecular complexity index is 1030. The summed E-state index contributed by atoms with van der Waals surface area (Å²) in [7, 11) is 1.66. The summed E-state index contributed by atoms with van der Waals surface area (Å²) in [5, 5.41) is 7.49. The number of piperidine rings is 1. The highest BCUT2D eigenvalue weighted by Gasteiger charge is 2.54. The van der Waals surface area contributed by atoms with Crippen LogP contribution in [0.4, 0.5) is 0 Å². The number of amides is 1. The van der Waals surface area contributed by atoms with Crippen LogP contribution >= 0.6 is 0 Å². The van der Waals surface area contributed by atoms with Crippen molar-refractivity contribution in [1.29, 1.82) is 0 Å². The number of aromatic amines is 1. The zero-order valence-corrected chi connectivity index (χ0v) is 17.0. The first-order valence-corrected chi connectivity index (χ1v) is 10.5. The molecule has 2 fully saturated rings. The maximum absolute atomic E-state index is 13.7. The summed E-state index contributed by atoms with van der Waals surface area (Å²) in [4.78, 5) is 24.5. The summed E-state index contributed by atoms with van der Waals surface area (Å²) >= 11 is 0. The van der Waals surface area contributed by atoms with Crippen LogP contribution in [-0.2, 0) is 10.2 Å². The molecule has 1 aliphatic heterocycles. The molecule has 3 heterocycles. The Hall–Kier alpha value is -3.22. The maximum Gasteiger partial charge on any atom is 0.233 e. The number of pyridine rings is 1. The van der Waals surface area contributed by atoms with Crippen molar-refractivity contribution in [2.45, 2.75) is 43.6 Å². The lowest BCUT2D eigenvalue weighted by Gasteiger charge is -2.37. The van der Waals surface area contributed by atoms with E-state index in [1.54, 1.807) is 19.5 Å². The number of carbonyl (C=O) groups is 1. The van der Waals surface area contributed by atoms with Crippen LogP contribution in [0.3, 0.4) is 0 Å². The van der Waals surface area contributed by atoms with Crippen LogP contribution < -0.4 is 4.74 Å². The van der Waals surface area contributed by atoms with E-state index >= 15 is 0 Å². The lowest BCUT2D eigenvalue weighted by Crippen LogP contribution is -2.44. The molecule has 30 heavy (non-hydrogen) atoms. The van der Waals surface area contributed by atoms with Gasteiger partial charge in [-0.3, -0.25) is 14.9 Å². The van der Waals surface area contributed by atoms with Gasteiger partial charge in [0.2, 0.25) is 5.91 Å². The monoisotopic (exact) mass is 403 g/mol. The number of hydrogen-bond donors (Lipinski definition) is 1. The van der Waals surface area contributed by atoms with Gasteiger partial charge in [0.15, 0.2) is 5.82 Å². The molecule has 1 N–H and O–H groups in total. The Morgan fingerprint density at radius 3 is 2.60 bits per heavy atom. The maximum atomic E-state index is 13.7. The van der Waals surface area contributed by atoms with Gasteiger partial charge in [0.25, 0.3) is 0 Å². The van der Waals surface area contributed by atoms with Gasteiger partial charge in [0.1, 0.15) is 11.6 Å². The van der Waals surface area contributed by atoms with Gasteiger partial charge in [-0.1, -0.05) is 12.1 Å². The molecular formula is C23H25N5O2. The molecular weight excluding hydrogens is 378 g/mol. The summed E-state index contributed by atoms with van der Waals surface area (Å²) < 4.78 is 5.27. The van der Waals surface area contributed by atoms with Gasteiger partial charge in [0.05, 0.1) is 18.6 Å². The number of nitrogens with zero attached hydrogens (tertiary/aromatic N) is 4. The molecule has 1 amide bonds. The standard InChI is InChI=1S/C23H25N5O2/c1-30-18-7-5-17(6-8-18)23(11-12-23)22(29)28-15-3-2-4-19(28)21-25-20(26-27-21)16-9-13-24-14-10-16/h5-10,13-14,19H,2-4,11-12,15H2,1H3,(H,25,26,27). The van der Waals surface area contributed by atoms with Gasteiger partial charge in [0, 0.05) is 24.5 Å². The molecule has 0 bridgehead atoms. The van der Waals surface area contributed by atoms with Gasteiger partial charge in [-0.25, -0.2) is 4.98 Å². The Morgan fingerprint density at radius 1 is 1.13 bits per heavy atom. The molecule has 1 aromatic carbocycles. The fraction of sp³-hybridized carbons (Fsp3) is 0.391. The summed E-state index contributed by atoms with van der Waals surface area (Å²) in [6.45, 7) is 0.757. The van der Waals surface area contributed by atoms with Gasteiger partial charge in [-0.05, 0) is 61.9 Å². The third-order valence-electron chi connectivity index (χ3n) is 6.32. The lowest BCUT2D eigenvalue weighted by atomic mass is 9.91. The predicted octanol–water partition coefficient (Wildman–Crippen LogP) is 3.66. The summed E-state index contributed by atoms with van der Waals surface area (Å²) in [6, 6.07) is 11.6. The van der Waals surface area contributed by atoms with E-state index in [1.807, 2.05) is 41.3 Å². The molecule has 3 aromatic rings. The minimum absolute atomic E-state index is 0.0648. The largest absolute Gasteiger partial charge is 0.497 e. The van der Waals surface area contributed by atoms with Gasteiger partial charge < -0.3 is 9.64 Å². The van der Waals surface area contributed by atoms with Crippen LogP contribution in [0.15, 0.2) is 48.8 Å². The van der Waals surface area contributed by atoms with Crippen LogP contribution in [0.1, 0.15) is 49.5 Å². The number of H-pyrrole nitrogens is 1. The molecule has 5 rings (SSSR count). The second-order valence-electron chi connectivity index (χ2n) is 8.10. The number of nitrogens with one attached hydrogen (secondary N) is 1. The van der Waals surface area contributed by atoms with Gasteiger partial charge in [-0.2, -0.15) is 5.10 Å². The molecule has 1 saturated carbocycles. The Morgan fingerprint density at radius 2 is 1.90 bits per heavy atom. The minimum Gasteiger partial charge on any atom is -0.497 e. The van der Waals surface area contributed by atoms with Crippen molar-refractivity contribution in [3.8, 4) is 17.1 Å². The highest BCUT2D eigenvalue weighted by atomic mass is 16.5. The van der Waals surface area contributed by atoms with E-state index in [0.717, 1.165) is 61.3 Å². The molecule has 154 valence electrons. The van der Waals surface area contributed by atoms with E-state index in [-0.39, 0.29) is 11.9 Å². The number of rotatable bonds is 5. The molecule has 2 aliphatic rings. The summed E-state index contributed by atoms with van der Waals surface area (Å²) in [5.41, 5.74) is 1.58. The molecule has 1 aliphatic carbocycles. The normalized spacial score (nSPS) is 20.0. The van der Waals surface area contributed by atoms with E-state index in [9.17, 15) is 4.79 Å².